The summed E-state index contributed by atoms with van der Waals surface area (Å²) in [5.74, 6) is -0.354. The van der Waals surface area contributed by atoms with Crippen molar-refractivity contribution in [2.75, 3.05) is 13.2 Å². The quantitative estimate of drug-likeness (QED) is 0.775. The molecule has 1 aromatic carbocycles. The molecule has 0 aliphatic rings. The number of para-hydroxylation sites is 1. The molecule has 0 saturated carbocycles. The third-order valence-electron chi connectivity index (χ3n) is 3.12. The summed E-state index contributed by atoms with van der Waals surface area (Å²) in [5, 5.41) is 12.7. The second-order valence-electron chi connectivity index (χ2n) is 5.93. The Hall–Kier alpha value is -1.62. The molecule has 1 amide bonds. The maximum Gasteiger partial charge on any atom is 0.258 e. The Balaban J connectivity index is 2.32. The molecule has 1 unspecified atom stereocenters. The number of hydrogen-bond donors (Lipinski definition) is 2. The van der Waals surface area contributed by atoms with E-state index in [0.29, 0.717) is 12.3 Å². The summed E-state index contributed by atoms with van der Waals surface area (Å²) in [6.45, 7) is 5.72. The summed E-state index contributed by atoms with van der Waals surface area (Å²) in [6, 6.07) is 5.91. The highest BCUT2D eigenvalue weighted by atomic mass is 19.1. The SMILES string of the molecule is CC(C)CCC(C)(O)CNC(=O)COc1ccccc1F. The summed E-state index contributed by atoms with van der Waals surface area (Å²) < 4.78 is 18.4. The van der Waals surface area contributed by atoms with Gasteiger partial charge >= 0.3 is 0 Å². The van der Waals surface area contributed by atoms with Crippen LogP contribution >= 0.6 is 0 Å². The van der Waals surface area contributed by atoms with Crippen LogP contribution in [0.4, 0.5) is 4.39 Å². The molecule has 4 nitrogen and oxygen atoms in total. The van der Waals surface area contributed by atoms with E-state index in [1.165, 1.54) is 12.1 Å². The summed E-state index contributed by atoms with van der Waals surface area (Å²) >= 11 is 0. The predicted octanol–water partition coefficient (Wildman–Crippen LogP) is 2.51. The van der Waals surface area contributed by atoms with E-state index in [-0.39, 0.29) is 24.8 Å². The van der Waals surface area contributed by atoms with Gasteiger partial charge < -0.3 is 15.2 Å². The fourth-order valence-electron chi connectivity index (χ4n) is 1.73. The smallest absolute Gasteiger partial charge is 0.258 e. The van der Waals surface area contributed by atoms with Crippen LogP contribution in [0.1, 0.15) is 33.6 Å². The molecule has 0 aliphatic heterocycles. The molecule has 0 radical (unpaired) electrons. The highest BCUT2D eigenvalue weighted by Gasteiger charge is 2.21. The molecule has 0 bridgehead atoms. The summed E-state index contributed by atoms with van der Waals surface area (Å²) in [5.41, 5.74) is -0.947. The minimum Gasteiger partial charge on any atom is -0.481 e. The number of nitrogens with one attached hydrogen (secondary N) is 1. The predicted molar refractivity (Wildman–Crippen MR) is 79.6 cm³/mol. The highest BCUT2D eigenvalue weighted by molar-refractivity contribution is 5.77. The van der Waals surface area contributed by atoms with E-state index in [1.54, 1.807) is 19.1 Å². The third kappa shape index (κ3) is 7.09. The van der Waals surface area contributed by atoms with Gasteiger partial charge in [-0.2, -0.15) is 0 Å². The van der Waals surface area contributed by atoms with Crippen molar-refractivity contribution in [2.45, 2.75) is 39.2 Å². The first-order valence-corrected chi connectivity index (χ1v) is 7.16. The zero-order chi connectivity index (χ0) is 15.9. The largest absolute Gasteiger partial charge is 0.481 e. The number of aliphatic hydroxyl groups is 1. The molecule has 0 aromatic heterocycles. The van der Waals surface area contributed by atoms with Gasteiger partial charge in [0.2, 0.25) is 0 Å². The van der Waals surface area contributed by atoms with Gasteiger partial charge in [0.25, 0.3) is 5.91 Å². The molecule has 2 N–H and O–H groups in total. The molecule has 5 heteroatoms. The maximum atomic E-state index is 13.3. The van der Waals surface area contributed by atoms with E-state index in [1.807, 2.05) is 0 Å². The molecule has 118 valence electrons. The average molecular weight is 297 g/mol. The minimum atomic E-state index is -0.947. The number of carbonyl (C=O) groups excluding carboxylic acids is 1. The molecule has 0 saturated heterocycles. The van der Waals surface area contributed by atoms with Crippen molar-refractivity contribution in [2.24, 2.45) is 5.92 Å². The van der Waals surface area contributed by atoms with E-state index in [2.05, 4.69) is 19.2 Å². The Kier molecular flexibility index (Phi) is 6.62. The molecular formula is C16H24FNO3. The zero-order valence-electron chi connectivity index (χ0n) is 12.9. The molecule has 0 spiro atoms. The molecule has 1 atom stereocenters. The van der Waals surface area contributed by atoms with E-state index < -0.39 is 11.4 Å². The van der Waals surface area contributed by atoms with Crippen molar-refractivity contribution in [3.05, 3.63) is 30.1 Å². The van der Waals surface area contributed by atoms with Crippen molar-refractivity contribution in [1.29, 1.82) is 0 Å². The van der Waals surface area contributed by atoms with Gasteiger partial charge in [-0.25, -0.2) is 4.39 Å². The van der Waals surface area contributed by atoms with E-state index in [4.69, 9.17) is 4.74 Å². The molecule has 1 aromatic rings. The second-order valence-corrected chi connectivity index (χ2v) is 5.93. The number of hydrogen-bond acceptors (Lipinski definition) is 3. The van der Waals surface area contributed by atoms with Crippen molar-refractivity contribution in [3.63, 3.8) is 0 Å². The van der Waals surface area contributed by atoms with Gasteiger partial charge in [-0.3, -0.25) is 4.79 Å². The molecule has 1 rings (SSSR count). The lowest BCUT2D eigenvalue weighted by atomic mass is 9.95. The summed E-state index contributed by atoms with van der Waals surface area (Å²) in [6.07, 6.45) is 1.49. The first-order valence-electron chi connectivity index (χ1n) is 7.16. The molecule has 0 heterocycles. The zero-order valence-corrected chi connectivity index (χ0v) is 12.9. The van der Waals surface area contributed by atoms with E-state index in [9.17, 15) is 14.3 Å². The normalized spacial score (nSPS) is 13.8. The topological polar surface area (TPSA) is 58.6 Å². The Morgan fingerprint density at radius 1 is 1.43 bits per heavy atom. The van der Waals surface area contributed by atoms with Gasteiger partial charge in [-0.05, 0) is 37.8 Å². The monoisotopic (exact) mass is 297 g/mol. The Labute approximate surface area is 125 Å². The van der Waals surface area contributed by atoms with Crippen LogP contribution in [0.15, 0.2) is 24.3 Å². The molecule has 0 aliphatic carbocycles. The minimum absolute atomic E-state index is 0.0409. The molecular weight excluding hydrogens is 273 g/mol. The van der Waals surface area contributed by atoms with Crippen LogP contribution in [0.25, 0.3) is 0 Å². The van der Waals surface area contributed by atoms with Crippen LogP contribution < -0.4 is 10.1 Å². The number of amides is 1. The number of halogens is 1. The molecule has 0 fully saturated rings. The highest BCUT2D eigenvalue weighted by Crippen LogP contribution is 2.16. The Morgan fingerprint density at radius 3 is 2.71 bits per heavy atom. The number of rotatable bonds is 8. The fourth-order valence-corrected chi connectivity index (χ4v) is 1.73. The van der Waals surface area contributed by atoms with E-state index >= 15 is 0 Å². The average Bonchev–Trinajstić information content (AvgIpc) is 2.42. The van der Waals surface area contributed by atoms with Crippen LogP contribution in [-0.2, 0) is 4.79 Å². The Bertz CT molecular complexity index is 461. The van der Waals surface area contributed by atoms with E-state index in [0.717, 1.165) is 6.42 Å². The van der Waals surface area contributed by atoms with Crippen molar-refractivity contribution >= 4 is 5.91 Å². The number of benzene rings is 1. The van der Waals surface area contributed by atoms with Crippen LogP contribution in [0.3, 0.4) is 0 Å². The van der Waals surface area contributed by atoms with Gasteiger partial charge in [0.05, 0.1) is 5.60 Å². The van der Waals surface area contributed by atoms with Crippen LogP contribution in [0.5, 0.6) is 5.75 Å². The maximum absolute atomic E-state index is 13.3. The second kappa shape index (κ2) is 7.98. The fraction of sp³-hybridized carbons (Fsp3) is 0.562. The van der Waals surface area contributed by atoms with Gasteiger partial charge in [-0.1, -0.05) is 26.0 Å². The summed E-state index contributed by atoms with van der Waals surface area (Å²) in [4.78, 5) is 11.6. The first kappa shape index (κ1) is 17.4. The van der Waals surface area contributed by atoms with Gasteiger partial charge in [0.15, 0.2) is 18.2 Å². The Morgan fingerprint density at radius 2 is 2.10 bits per heavy atom. The van der Waals surface area contributed by atoms with Gasteiger partial charge in [0, 0.05) is 6.54 Å². The number of carbonyl (C=O) groups is 1. The number of ether oxygens (including phenoxy) is 1. The van der Waals surface area contributed by atoms with Crippen LogP contribution in [0.2, 0.25) is 0 Å². The lowest BCUT2D eigenvalue weighted by Crippen LogP contribution is -2.42. The van der Waals surface area contributed by atoms with Crippen molar-refractivity contribution < 1.29 is 19.0 Å². The van der Waals surface area contributed by atoms with Gasteiger partial charge in [0.1, 0.15) is 0 Å². The summed E-state index contributed by atoms with van der Waals surface area (Å²) in [7, 11) is 0. The lowest BCUT2D eigenvalue weighted by molar-refractivity contribution is -0.124. The van der Waals surface area contributed by atoms with Crippen molar-refractivity contribution in [3.8, 4) is 5.75 Å². The standard InChI is InChI=1S/C16H24FNO3/c1-12(2)8-9-16(3,20)11-18-15(19)10-21-14-7-5-4-6-13(14)17/h4-7,12,20H,8-11H2,1-3H3,(H,18,19). The first-order chi connectivity index (χ1) is 9.80. The lowest BCUT2D eigenvalue weighted by Gasteiger charge is -2.24. The molecule has 21 heavy (non-hydrogen) atoms. The van der Waals surface area contributed by atoms with Crippen LogP contribution in [-0.4, -0.2) is 29.8 Å². The van der Waals surface area contributed by atoms with Crippen LogP contribution in [0, 0.1) is 11.7 Å². The van der Waals surface area contributed by atoms with Crippen molar-refractivity contribution in [1.82, 2.24) is 5.32 Å². The third-order valence-corrected chi connectivity index (χ3v) is 3.12. The van der Waals surface area contributed by atoms with Gasteiger partial charge in [-0.15, -0.1) is 0 Å².